The number of nitrogen functional groups attached to an aromatic ring is 2. The van der Waals surface area contributed by atoms with Crippen LogP contribution in [0.5, 0.6) is 0 Å². The molecule has 35 heteroatoms. The first kappa shape index (κ1) is 54.2. The number of hydrogen-bond donors (Lipinski definition) is 6. The zero-order chi connectivity index (χ0) is 48.4. The molecule has 0 radical (unpaired) electrons. The van der Waals surface area contributed by atoms with Gasteiger partial charge < -0.3 is 86.5 Å². The third kappa shape index (κ3) is 12.8. The number of anilines is 2. The molecule has 2 fully saturated rings. The second kappa shape index (κ2) is 22.5. The number of nitrogens with two attached hydrogens (primary N) is 2. The maximum atomic E-state index is 13.0. The summed E-state index contributed by atoms with van der Waals surface area (Å²) in [5, 5.41) is 43.9. The predicted molar refractivity (Wildman–Crippen MR) is 240 cm³/mol. The number of aliphatic hydroxyl groups excluding tert-OH is 4. The summed E-state index contributed by atoms with van der Waals surface area (Å²) in [5.74, 6) is 1.50. The van der Waals surface area contributed by atoms with Crippen LogP contribution in [0.4, 0.5) is 11.6 Å². The van der Waals surface area contributed by atoms with E-state index in [-0.39, 0.29) is 34.0 Å². The monoisotopic (exact) mass is 1100 g/mol. The molecule has 0 saturated carbocycles. The molecule has 2 aliphatic heterocycles. The molecule has 26 nitrogen and oxygen atoms in total. The maximum absolute atomic E-state index is 13.0. The van der Waals surface area contributed by atoms with Crippen LogP contribution in [0.15, 0.2) is 23.0 Å². The maximum Gasteiger partial charge on any atom is 0.204 e. The van der Waals surface area contributed by atoms with Gasteiger partial charge in [0.2, 0.25) is 6.80 Å². The summed E-state index contributed by atoms with van der Waals surface area (Å²) in [5.41, 5.74) is 12.8. The molecule has 0 bridgehead atoms. The normalized spacial score (nSPS) is 27.7. The molecule has 8 N–H and O–H groups in total. The van der Waals surface area contributed by atoms with E-state index in [1.54, 1.807) is 0 Å². The van der Waals surface area contributed by atoms with E-state index in [9.17, 15) is 48.8 Å². The number of nitrogens with zero attached hydrogens (tertiary/aromatic N) is 8. The van der Waals surface area contributed by atoms with Crippen molar-refractivity contribution in [2.75, 3.05) is 36.2 Å². The molecule has 2 saturated heterocycles. The molecule has 13 atom stereocenters. The average molecular weight is 1100 g/mol. The molecular formula is C31H45ClN10O16P4S4-4. The Balaban J connectivity index is 1.03. The van der Waals surface area contributed by atoms with E-state index < -0.39 is 95.9 Å². The molecule has 0 amide bonds. The highest BCUT2D eigenvalue weighted by molar-refractivity contribution is 8.33. The minimum absolute atomic E-state index is 0.0437. The number of aromatic nitrogens is 8. The summed E-state index contributed by atoms with van der Waals surface area (Å²) in [6.45, 7) is -8.39. The van der Waals surface area contributed by atoms with Crippen LogP contribution < -0.4 is 26.1 Å². The van der Waals surface area contributed by atoms with Crippen LogP contribution in [0.25, 0.3) is 22.3 Å². The zero-order valence-electron chi connectivity index (χ0n) is 34.6. The van der Waals surface area contributed by atoms with Crippen LogP contribution >= 0.6 is 63.8 Å². The molecule has 0 aliphatic carbocycles. The van der Waals surface area contributed by atoms with Crippen molar-refractivity contribution < 1.29 is 75.9 Å². The Labute approximate surface area is 400 Å². The Kier molecular flexibility index (Phi) is 18.5. The Morgan fingerprint density at radius 2 is 1.18 bits per heavy atom. The van der Waals surface area contributed by atoms with Gasteiger partial charge in [-0.15, -0.1) is 11.6 Å². The number of rotatable bonds is 24. The van der Waals surface area contributed by atoms with E-state index in [1.165, 1.54) is 45.3 Å². The standard InChI is InChI=1S/C31H49ClN10O16P4S4/c1-3-5-7-9-65-30-37-23(33)17-25(39-30)41(13-35-17)27-21(45)19(43)15(55-27)11-53-61(51,63)57-59(47,48)29(32)60(49,50)58-62(52,64)54-12-16-20(44)22(46)28(56-16)42-14-36-18-24(34)38-31(40-26(18)42)66-10-8-6-4-2/h13-16,19-22,27-29,43-46H,3-12H2,1-2H3,(H,47,48)(H,49,50)(H,51,63)(H,52,64)(H2,33,37,39)(H2,34,38,40)/p-4/t15-,16-,19-,20-,21-,22-,27-,28-,29?,61?,62?/m1/s1. The summed E-state index contributed by atoms with van der Waals surface area (Å²) < 4.78 is 71.6. The molecule has 6 rings (SSSR count). The Bertz CT molecular complexity index is 2370. The number of aliphatic hydroxyl groups is 4. The molecule has 0 spiro atoms. The fourth-order valence-electron chi connectivity index (χ4n) is 6.47. The number of alkyl halides is 1. The van der Waals surface area contributed by atoms with Gasteiger partial charge in [0.05, 0.1) is 25.9 Å². The van der Waals surface area contributed by atoms with E-state index >= 15 is 0 Å². The first-order valence-electron chi connectivity index (χ1n) is 19.9. The fraction of sp³-hybridized carbons (Fsp3) is 0.677. The van der Waals surface area contributed by atoms with Crippen molar-refractivity contribution in [3.63, 3.8) is 0 Å². The van der Waals surface area contributed by atoms with Crippen LogP contribution in [-0.4, -0.2) is 126 Å². The van der Waals surface area contributed by atoms with Gasteiger partial charge in [-0.3, -0.25) is 22.3 Å². The molecule has 0 aromatic carbocycles. The van der Waals surface area contributed by atoms with Crippen LogP contribution in [0.2, 0.25) is 0 Å². The lowest BCUT2D eigenvalue weighted by Crippen LogP contribution is -2.34. The fourth-order valence-corrected chi connectivity index (χ4v) is 16.9. The van der Waals surface area contributed by atoms with Crippen LogP contribution in [0, 0.1) is 0 Å². The second-order valence-corrected chi connectivity index (χ2v) is 27.7. The van der Waals surface area contributed by atoms with Gasteiger partial charge in [0, 0.05) is 11.5 Å². The lowest BCUT2D eigenvalue weighted by molar-refractivity contribution is -0.221. The van der Waals surface area contributed by atoms with Crippen molar-refractivity contribution in [3.05, 3.63) is 12.7 Å². The molecule has 4 aromatic heterocycles. The first-order chi connectivity index (χ1) is 31.0. The summed E-state index contributed by atoms with van der Waals surface area (Å²) in [6, 6.07) is 0. The van der Waals surface area contributed by atoms with E-state index in [1.807, 2.05) is 0 Å². The van der Waals surface area contributed by atoms with E-state index in [0.717, 1.165) is 38.5 Å². The minimum Gasteiger partial charge on any atom is -0.779 e. The smallest absolute Gasteiger partial charge is 0.204 e. The van der Waals surface area contributed by atoms with Crippen LogP contribution in [-0.2, 0) is 64.9 Å². The Morgan fingerprint density at radius 1 is 0.758 bits per heavy atom. The van der Waals surface area contributed by atoms with Crippen molar-refractivity contribution in [2.24, 2.45) is 0 Å². The van der Waals surface area contributed by atoms with Gasteiger partial charge in [-0.2, -0.15) is 0 Å². The zero-order valence-corrected chi connectivity index (χ0v) is 42.2. The highest BCUT2D eigenvalue weighted by Gasteiger charge is 2.47. The van der Waals surface area contributed by atoms with E-state index in [0.29, 0.717) is 21.8 Å². The molecular weight excluding hydrogens is 1060 g/mol. The lowest BCUT2D eigenvalue weighted by atomic mass is 10.1. The van der Waals surface area contributed by atoms with Gasteiger partial charge in [0.1, 0.15) is 54.4 Å². The predicted octanol–water partition coefficient (Wildman–Crippen LogP) is 1.57. The number of imidazole rings is 2. The Morgan fingerprint density at radius 3 is 1.62 bits per heavy atom. The number of hydrogen-bond acceptors (Lipinski definition) is 28. The highest BCUT2D eigenvalue weighted by atomic mass is 35.5. The van der Waals surface area contributed by atoms with Gasteiger partial charge in [0.15, 0.2) is 65.7 Å². The Hall–Kier alpha value is -1.14. The first-order valence-corrected chi connectivity index (χ1v) is 30.6. The highest BCUT2D eigenvalue weighted by Crippen LogP contribution is 2.72. The van der Waals surface area contributed by atoms with Crippen molar-refractivity contribution in [2.45, 2.75) is 117 Å². The molecule has 6 heterocycles. The largest absolute Gasteiger partial charge is 0.779 e. The molecule has 370 valence electrons. The number of fused-ring (bicyclic) bond motifs is 2. The number of unbranched alkanes of at least 4 members (excludes halogenated alkanes) is 4. The van der Waals surface area contributed by atoms with E-state index in [4.69, 9.17) is 41.6 Å². The van der Waals surface area contributed by atoms with Crippen molar-refractivity contribution in [1.82, 2.24) is 39.0 Å². The molecule has 2 aliphatic rings. The van der Waals surface area contributed by atoms with Gasteiger partial charge in [-0.25, -0.2) is 29.9 Å². The van der Waals surface area contributed by atoms with Crippen LogP contribution in [0.1, 0.15) is 64.8 Å². The van der Waals surface area contributed by atoms with Crippen molar-refractivity contribution in [3.8, 4) is 0 Å². The topological polar surface area (TPSA) is 396 Å². The third-order valence-corrected chi connectivity index (χ3v) is 22.0. The quantitative estimate of drug-likeness (QED) is 0.0145. The van der Waals surface area contributed by atoms with Crippen molar-refractivity contribution in [1.29, 1.82) is 0 Å². The summed E-state index contributed by atoms with van der Waals surface area (Å²) in [6.07, 6.45) is -4.48. The number of ether oxygens (including phenoxy) is 2. The SMILES string of the molecule is CCCCCSc1nc(N)c2ncn([C@@H]3O[C@H](COP(=O)([S-])OP(=O)([O-])C(Cl)P(=O)([O-])OP([O-])(=S)OC[C@H]4O[C@@H](n5cnc6c(N)nc(SCCCCC)nc65)[C@H](O)[C@@H]4O)[C@@H](O)[C@H]3O)c2n1. The van der Waals surface area contributed by atoms with Gasteiger partial charge >= 0.3 is 0 Å². The second-order valence-electron chi connectivity index (χ2n) is 14.7. The molecule has 5 unspecified atom stereocenters. The number of halogens is 1. The summed E-state index contributed by atoms with van der Waals surface area (Å²) >= 11 is 17.7. The molecule has 4 aromatic rings. The van der Waals surface area contributed by atoms with Gasteiger partial charge in [-0.05, 0) is 12.8 Å². The van der Waals surface area contributed by atoms with Crippen molar-refractivity contribution >= 4 is 122 Å². The lowest BCUT2D eigenvalue weighted by Gasteiger charge is -2.42. The summed E-state index contributed by atoms with van der Waals surface area (Å²) in [4.78, 5) is 61.4. The minimum atomic E-state index is -6.15. The van der Waals surface area contributed by atoms with E-state index in [2.05, 4.69) is 76.4 Å². The number of thioether (sulfide) groups is 2. The van der Waals surface area contributed by atoms with Crippen LogP contribution in [0.3, 0.4) is 0 Å². The summed E-state index contributed by atoms with van der Waals surface area (Å²) in [7, 11) is -12.3. The third-order valence-electron chi connectivity index (χ3n) is 9.78. The average Bonchev–Trinajstić information content (AvgIpc) is 4.00. The molecule has 66 heavy (non-hydrogen) atoms. The van der Waals surface area contributed by atoms with Gasteiger partial charge in [-0.1, -0.05) is 74.9 Å². The van der Waals surface area contributed by atoms with Gasteiger partial charge in [0.25, 0.3) is 0 Å².